The predicted octanol–water partition coefficient (Wildman–Crippen LogP) is 3.05. The molecule has 3 aromatic rings. The Kier molecular flexibility index (Phi) is 6.33. The van der Waals surface area contributed by atoms with Crippen LogP contribution in [0.3, 0.4) is 0 Å². The van der Waals surface area contributed by atoms with E-state index in [1.54, 1.807) is 42.7 Å². The average Bonchev–Trinajstić information content (AvgIpc) is 2.78. The van der Waals surface area contributed by atoms with E-state index in [1.807, 2.05) is 0 Å². The number of carbonyl (C=O) groups is 3. The standard InChI is InChI=1S/C21H18N4O5/c1-29-19(27)14-9-15(20(28)30-2)12-17(11-14)24-18(26)13-5-3-6-16(10-13)25-21-22-7-4-8-23-21/h3-12H,1-2H3,(H,24,26)(H,22,23,25). The first-order valence-corrected chi connectivity index (χ1v) is 8.77. The van der Waals surface area contributed by atoms with Crippen molar-refractivity contribution in [2.75, 3.05) is 24.9 Å². The second-order valence-electron chi connectivity index (χ2n) is 6.01. The van der Waals surface area contributed by atoms with Gasteiger partial charge in [0.15, 0.2) is 0 Å². The van der Waals surface area contributed by atoms with Gasteiger partial charge in [-0.15, -0.1) is 0 Å². The fraction of sp³-hybridized carbons (Fsp3) is 0.0952. The van der Waals surface area contributed by atoms with E-state index in [9.17, 15) is 14.4 Å². The Bertz CT molecular complexity index is 1050. The molecule has 0 aliphatic carbocycles. The van der Waals surface area contributed by atoms with Crippen molar-refractivity contribution in [3.05, 3.63) is 77.6 Å². The number of rotatable bonds is 6. The Morgan fingerprint density at radius 3 is 1.97 bits per heavy atom. The highest BCUT2D eigenvalue weighted by Crippen LogP contribution is 2.19. The number of hydrogen-bond acceptors (Lipinski definition) is 8. The molecule has 1 amide bonds. The van der Waals surface area contributed by atoms with Crippen molar-refractivity contribution in [3.8, 4) is 0 Å². The summed E-state index contributed by atoms with van der Waals surface area (Å²) in [7, 11) is 2.45. The van der Waals surface area contributed by atoms with Crippen molar-refractivity contribution in [2.45, 2.75) is 0 Å². The number of anilines is 3. The summed E-state index contributed by atoms with van der Waals surface area (Å²) >= 11 is 0. The third-order valence-corrected chi connectivity index (χ3v) is 3.98. The monoisotopic (exact) mass is 406 g/mol. The van der Waals surface area contributed by atoms with Crippen LogP contribution in [0, 0.1) is 0 Å². The number of hydrogen-bond donors (Lipinski definition) is 2. The molecule has 1 heterocycles. The SMILES string of the molecule is COC(=O)c1cc(NC(=O)c2cccc(Nc3ncccn3)c2)cc(C(=O)OC)c1. The normalized spacial score (nSPS) is 10.1. The quantitative estimate of drug-likeness (QED) is 0.600. The van der Waals surface area contributed by atoms with Gasteiger partial charge in [0.2, 0.25) is 5.95 Å². The minimum Gasteiger partial charge on any atom is -0.465 e. The Labute approximate surface area is 172 Å². The lowest BCUT2D eigenvalue weighted by Gasteiger charge is -2.11. The molecule has 0 aliphatic heterocycles. The average molecular weight is 406 g/mol. The van der Waals surface area contributed by atoms with Crippen LogP contribution in [-0.2, 0) is 9.47 Å². The second-order valence-corrected chi connectivity index (χ2v) is 6.01. The molecule has 0 aliphatic rings. The molecule has 0 atom stereocenters. The topological polar surface area (TPSA) is 120 Å². The van der Waals surface area contributed by atoms with Crippen molar-refractivity contribution in [2.24, 2.45) is 0 Å². The van der Waals surface area contributed by atoms with Crippen LogP contribution in [0.15, 0.2) is 60.9 Å². The van der Waals surface area contributed by atoms with E-state index in [1.165, 1.54) is 32.4 Å². The van der Waals surface area contributed by atoms with Crippen LogP contribution in [0.4, 0.5) is 17.3 Å². The molecule has 0 unspecified atom stereocenters. The summed E-state index contributed by atoms with van der Waals surface area (Å²) in [5, 5.41) is 5.68. The molecular weight excluding hydrogens is 388 g/mol. The summed E-state index contributed by atoms with van der Waals surface area (Å²) in [6.45, 7) is 0. The molecule has 2 aromatic carbocycles. The van der Waals surface area contributed by atoms with Crippen LogP contribution in [0.5, 0.6) is 0 Å². The number of methoxy groups -OCH3 is 2. The molecule has 0 bridgehead atoms. The first-order chi connectivity index (χ1) is 14.5. The first-order valence-electron chi connectivity index (χ1n) is 8.77. The second kappa shape index (κ2) is 9.28. The molecule has 3 rings (SSSR count). The number of esters is 2. The molecule has 9 nitrogen and oxygen atoms in total. The van der Waals surface area contributed by atoms with E-state index >= 15 is 0 Å². The number of nitrogens with zero attached hydrogens (tertiary/aromatic N) is 2. The summed E-state index contributed by atoms with van der Waals surface area (Å²) in [4.78, 5) is 44.7. The fourth-order valence-corrected chi connectivity index (χ4v) is 2.61. The number of amides is 1. The minimum atomic E-state index is -0.648. The van der Waals surface area contributed by atoms with Crippen LogP contribution in [0.25, 0.3) is 0 Å². The maximum absolute atomic E-state index is 12.7. The molecule has 0 radical (unpaired) electrons. The van der Waals surface area contributed by atoms with Gasteiger partial charge in [-0.3, -0.25) is 4.79 Å². The molecule has 0 fully saturated rings. The van der Waals surface area contributed by atoms with Gasteiger partial charge in [-0.05, 0) is 42.5 Å². The zero-order chi connectivity index (χ0) is 21.5. The van der Waals surface area contributed by atoms with Crippen molar-refractivity contribution in [1.82, 2.24) is 9.97 Å². The Balaban J connectivity index is 1.84. The van der Waals surface area contributed by atoms with Crippen LogP contribution >= 0.6 is 0 Å². The molecule has 30 heavy (non-hydrogen) atoms. The molecule has 0 saturated carbocycles. The van der Waals surface area contributed by atoms with Crippen molar-refractivity contribution in [3.63, 3.8) is 0 Å². The van der Waals surface area contributed by atoms with Gasteiger partial charge < -0.3 is 20.1 Å². The van der Waals surface area contributed by atoms with Crippen LogP contribution in [-0.4, -0.2) is 42.0 Å². The third-order valence-electron chi connectivity index (χ3n) is 3.98. The van der Waals surface area contributed by atoms with Gasteiger partial charge in [-0.2, -0.15) is 0 Å². The van der Waals surface area contributed by atoms with E-state index in [2.05, 4.69) is 20.6 Å². The number of carbonyl (C=O) groups excluding carboxylic acids is 3. The molecular formula is C21H18N4O5. The number of nitrogens with one attached hydrogen (secondary N) is 2. The molecule has 1 aromatic heterocycles. The van der Waals surface area contributed by atoms with Crippen LogP contribution in [0.1, 0.15) is 31.1 Å². The summed E-state index contributed by atoms with van der Waals surface area (Å²) in [5.74, 6) is -1.34. The van der Waals surface area contributed by atoms with E-state index in [0.717, 1.165) is 0 Å². The highest BCUT2D eigenvalue weighted by atomic mass is 16.5. The molecule has 2 N–H and O–H groups in total. The van der Waals surface area contributed by atoms with Gasteiger partial charge in [0, 0.05) is 29.3 Å². The van der Waals surface area contributed by atoms with Crippen LogP contribution < -0.4 is 10.6 Å². The van der Waals surface area contributed by atoms with Gasteiger partial charge in [0.05, 0.1) is 25.3 Å². The summed E-state index contributed by atoms with van der Waals surface area (Å²) in [6.07, 6.45) is 3.19. The van der Waals surface area contributed by atoms with Gasteiger partial charge in [0.1, 0.15) is 0 Å². The summed E-state index contributed by atoms with van der Waals surface area (Å²) < 4.78 is 9.40. The zero-order valence-corrected chi connectivity index (χ0v) is 16.2. The van der Waals surface area contributed by atoms with Gasteiger partial charge >= 0.3 is 11.9 Å². The number of ether oxygens (including phenoxy) is 2. The third kappa shape index (κ3) is 4.96. The number of benzene rings is 2. The molecule has 152 valence electrons. The number of aromatic nitrogens is 2. The zero-order valence-electron chi connectivity index (χ0n) is 16.2. The van der Waals surface area contributed by atoms with Crippen molar-refractivity contribution < 1.29 is 23.9 Å². The Morgan fingerprint density at radius 1 is 0.767 bits per heavy atom. The van der Waals surface area contributed by atoms with E-state index < -0.39 is 17.8 Å². The van der Waals surface area contributed by atoms with E-state index in [0.29, 0.717) is 17.2 Å². The van der Waals surface area contributed by atoms with Crippen molar-refractivity contribution in [1.29, 1.82) is 0 Å². The molecule has 0 saturated heterocycles. The lowest BCUT2D eigenvalue weighted by atomic mass is 10.1. The van der Waals surface area contributed by atoms with Crippen molar-refractivity contribution >= 4 is 35.2 Å². The largest absolute Gasteiger partial charge is 0.465 e. The lowest BCUT2D eigenvalue weighted by Crippen LogP contribution is -2.14. The van der Waals surface area contributed by atoms with Gasteiger partial charge in [-0.1, -0.05) is 6.07 Å². The van der Waals surface area contributed by atoms with Gasteiger partial charge in [-0.25, -0.2) is 19.6 Å². The molecule has 9 heteroatoms. The van der Waals surface area contributed by atoms with E-state index in [4.69, 9.17) is 9.47 Å². The summed E-state index contributed by atoms with van der Waals surface area (Å²) in [6, 6.07) is 12.6. The smallest absolute Gasteiger partial charge is 0.337 e. The van der Waals surface area contributed by atoms with Crippen LogP contribution in [0.2, 0.25) is 0 Å². The maximum Gasteiger partial charge on any atom is 0.337 e. The first kappa shape index (κ1) is 20.5. The highest BCUT2D eigenvalue weighted by molar-refractivity contribution is 6.06. The molecule has 0 spiro atoms. The summed E-state index contributed by atoms with van der Waals surface area (Å²) in [5.41, 5.74) is 1.42. The highest BCUT2D eigenvalue weighted by Gasteiger charge is 2.16. The Hall–Kier alpha value is -4.27. The fourth-order valence-electron chi connectivity index (χ4n) is 2.61. The Morgan fingerprint density at radius 2 is 1.37 bits per heavy atom. The predicted molar refractivity (Wildman–Crippen MR) is 109 cm³/mol. The minimum absolute atomic E-state index is 0.104. The lowest BCUT2D eigenvalue weighted by molar-refractivity contribution is 0.0599. The van der Waals surface area contributed by atoms with E-state index in [-0.39, 0.29) is 16.8 Å². The maximum atomic E-state index is 12.7. The van der Waals surface area contributed by atoms with Gasteiger partial charge in [0.25, 0.3) is 5.91 Å².